The number of fused-ring (bicyclic) bond motifs is 1. The van der Waals surface area contributed by atoms with Crippen molar-refractivity contribution in [2.75, 3.05) is 0 Å². The van der Waals surface area contributed by atoms with Crippen LogP contribution in [0, 0.1) is 0 Å². The molecule has 0 unspecified atom stereocenters. The minimum atomic E-state index is -1.02. The van der Waals surface area contributed by atoms with E-state index in [0.717, 1.165) is 0 Å². The molecule has 0 atom stereocenters. The number of benzene rings is 1. The Morgan fingerprint density at radius 1 is 1.24 bits per heavy atom. The summed E-state index contributed by atoms with van der Waals surface area (Å²) < 4.78 is 0.629. The second-order valence-electron chi connectivity index (χ2n) is 3.47. The summed E-state index contributed by atoms with van der Waals surface area (Å²) in [5.74, 6) is -1.02. The number of hydrogen-bond acceptors (Lipinski definition) is 3. The number of aliphatic carboxylic acids is 1. The highest BCUT2D eigenvalue weighted by molar-refractivity contribution is 9.10. The van der Waals surface area contributed by atoms with Gasteiger partial charge in [0.05, 0.1) is 17.5 Å². The first-order valence-corrected chi connectivity index (χ1v) is 5.43. The Kier molecular flexibility index (Phi) is 2.84. The number of rotatable bonds is 2. The van der Waals surface area contributed by atoms with Crippen molar-refractivity contribution in [3.05, 3.63) is 42.9 Å². The van der Waals surface area contributed by atoms with Crippen LogP contribution >= 0.6 is 15.9 Å². The first-order valence-electron chi connectivity index (χ1n) is 4.64. The normalized spacial score (nSPS) is 10.6. The fourth-order valence-corrected chi connectivity index (χ4v) is 2.07. The lowest BCUT2D eigenvalue weighted by Crippen LogP contribution is -2.29. The Labute approximate surface area is 102 Å². The van der Waals surface area contributed by atoms with Crippen LogP contribution < -0.4 is 11.1 Å². The van der Waals surface area contributed by atoms with Crippen LogP contribution in [0.25, 0.3) is 11.0 Å². The van der Waals surface area contributed by atoms with Crippen molar-refractivity contribution in [1.29, 1.82) is 0 Å². The monoisotopic (exact) mass is 298 g/mol. The molecule has 0 bridgehead atoms. The standard InChI is InChI=1S/C10H7BrN2O4/c11-5-1-4(2-7(14)15)8-6(3-5)12-9(16)10(17)13-8/h1,3H,2H2,(H,12,16)(H,13,17)(H,14,15). The summed E-state index contributed by atoms with van der Waals surface area (Å²) in [5.41, 5.74) is -0.418. The largest absolute Gasteiger partial charge is 0.481 e. The van der Waals surface area contributed by atoms with E-state index < -0.39 is 17.1 Å². The molecule has 0 saturated heterocycles. The molecule has 0 aliphatic heterocycles. The average molecular weight is 299 g/mol. The molecule has 0 aliphatic carbocycles. The van der Waals surface area contributed by atoms with E-state index in [4.69, 9.17) is 5.11 Å². The Balaban J connectivity index is 2.82. The lowest BCUT2D eigenvalue weighted by Gasteiger charge is -2.04. The molecule has 88 valence electrons. The zero-order valence-corrected chi connectivity index (χ0v) is 10.00. The second-order valence-corrected chi connectivity index (χ2v) is 4.38. The van der Waals surface area contributed by atoms with E-state index in [9.17, 15) is 14.4 Å². The maximum Gasteiger partial charge on any atom is 0.314 e. The van der Waals surface area contributed by atoms with Gasteiger partial charge in [-0.15, -0.1) is 0 Å². The van der Waals surface area contributed by atoms with Gasteiger partial charge in [-0.3, -0.25) is 14.4 Å². The van der Waals surface area contributed by atoms with Crippen LogP contribution in [0.5, 0.6) is 0 Å². The second kappa shape index (κ2) is 4.17. The molecule has 0 amide bonds. The summed E-state index contributed by atoms with van der Waals surface area (Å²) in [4.78, 5) is 37.8. The summed E-state index contributed by atoms with van der Waals surface area (Å²) in [6, 6.07) is 3.18. The fraction of sp³-hybridized carbons (Fsp3) is 0.100. The summed E-state index contributed by atoms with van der Waals surface area (Å²) in [6.45, 7) is 0. The highest BCUT2D eigenvalue weighted by Gasteiger charge is 2.09. The molecule has 3 N–H and O–H groups in total. The smallest absolute Gasteiger partial charge is 0.314 e. The third-order valence-electron chi connectivity index (χ3n) is 2.22. The van der Waals surface area contributed by atoms with Crippen molar-refractivity contribution in [3.8, 4) is 0 Å². The third-order valence-corrected chi connectivity index (χ3v) is 2.68. The van der Waals surface area contributed by atoms with Crippen LogP contribution in [0.3, 0.4) is 0 Å². The van der Waals surface area contributed by atoms with E-state index >= 15 is 0 Å². The maximum atomic E-state index is 11.2. The lowest BCUT2D eigenvalue weighted by atomic mass is 10.1. The first-order chi connectivity index (χ1) is 7.97. The highest BCUT2D eigenvalue weighted by atomic mass is 79.9. The summed E-state index contributed by atoms with van der Waals surface area (Å²) in [7, 11) is 0. The van der Waals surface area contributed by atoms with Crippen LogP contribution in [0.4, 0.5) is 0 Å². The molecule has 2 rings (SSSR count). The van der Waals surface area contributed by atoms with Crippen molar-refractivity contribution >= 4 is 32.9 Å². The van der Waals surface area contributed by atoms with Crippen LogP contribution in [0.15, 0.2) is 26.2 Å². The van der Waals surface area contributed by atoms with Gasteiger partial charge >= 0.3 is 17.1 Å². The molecule has 1 aromatic heterocycles. The number of carboxylic acid groups (broad SMARTS) is 1. The van der Waals surface area contributed by atoms with Crippen molar-refractivity contribution in [2.45, 2.75) is 6.42 Å². The van der Waals surface area contributed by atoms with E-state index in [1.807, 2.05) is 0 Å². The molecule has 2 aromatic rings. The molecule has 17 heavy (non-hydrogen) atoms. The summed E-state index contributed by atoms with van der Waals surface area (Å²) in [6.07, 6.45) is -0.238. The molecule has 0 aliphatic rings. The van der Waals surface area contributed by atoms with Crippen molar-refractivity contribution < 1.29 is 9.90 Å². The Bertz CT molecular complexity index is 716. The third kappa shape index (κ3) is 2.28. The van der Waals surface area contributed by atoms with Gasteiger partial charge in [0.25, 0.3) is 0 Å². The molecule has 0 fully saturated rings. The van der Waals surface area contributed by atoms with E-state index in [0.29, 0.717) is 21.1 Å². The average Bonchev–Trinajstić information content (AvgIpc) is 2.20. The van der Waals surface area contributed by atoms with Gasteiger partial charge in [0.1, 0.15) is 0 Å². The Morgan fingerprint density at radius 2 is 1.88 bits per heavy atom. The van der Waals surface area contributed by atoms with Crippen LogP contribution in [0.2, 0.25) is 0 Å². The maximum absolute atomic E-state index is 11.2. The van der Waals surface area contributed by atoms with E-state index in [2.05, 4.69) is 25.9 Å². The minimum absolute atomic E-state index is 0.238. The van der Waals surface area contributed by atoms with E-state index in [-0.39, 0.29) is 6.42 Å². The van der Waals surface area contributed by atoms with Gasteiger partial charge in [-0.2, -0.15) is 0 Å². The molecule has 0 radical (unpaired) electrons. The summed E-state index contributed by atoms with van der Waals surface area (Å²) >= 11 is 3.21. The number of carbonyl (C=O) groups is 1. The number of aromatic nitrogens is 2. The van der Waals surface area contributed by atoms with Crippen LogP contribution in [0.1, 0.15) is 5.56 Å². The number of nitrogens with one attached hydrogen (secondary N) is 2. The van der Waals surface area contributed by atoms with Crippen molar-refractivity contribution in [2.24, 2.45) is 0 Å². The van der Waals surface area contributed by atoms with Crippen LogP contribution in [-0.4, -0.2) is 21.0 Å². The molecular formula is C10H7BrN2O4. The van der Waals surface area contributed by atoms with Gasteiger partial charge in [-0.1, -0.05) is 15.9 Å². The molecule has 1 aromatic carbocycles. The van der Waals surface area contributed by atoms with E-state index in [1.54, 1.807) is 12.1 Å². The van der Waals surface area contributed by atoms with Crippen LogP contribution in [-0.2, 0) is 11.2 Å². The fourth-order valence-electron chi connectivity index (χ4n) is 1.56. The van der Waals surface area contributed by atoms with Crippen molar-refractivity contribution in [3.63, 3.8) is 0 Å². The van der Waals surface area contributed by atoms with Gasteiger partial charge < -0.3 is 15.1 Å². The van der Waals surface area contributed by atoms with E-state index in [1.165, 1.54) is 0 Å². The number of halogens is 1. The lowest BCUT2D eigenvalue weighted by molar-refractivity contribution is -0.136. The highest BCUT2D eigenvalue weighted by Crippen LogP contribution is 2.20. The minimum Gasteiger partial charge on any atom is -0.481 e. The molecule has 1 heterocycles. The predicted molar refractivity (Wildman–Crippen MR) is 64.2 cm³/mol. The number of H-pyrrole nitrogens is 2. The molecule has 6 nitrogen and oxygen atoms in total. The quantitative estimate of drug-likeness (QED) is 0.707. The molecule has 7 heteroatoms. The number of carboxylic acids is 1. The topological polar surface area (TPSA) is 103 Å². The first kappa shape index (κ1) is 11.6. The zero-order valence-electron chi connectivity index (χ0n) is 8.41. The Morgan fingerprint density at radius 3 is 2.53 bits per heavy atom. The van der Waals surface area contributed by atoms with Gasteiger partial charge in [-0.25, -0.2) is 0 Å². The van der Waals surface area contributed by atoms with Crippen molar-refractivity contribution in [1.82, 2.24) is 9.97 Å². The van der Waals surface area contributed by atoms with Gasteiger partial charge in [-0.05, 0) is 17.7 Å². The SMILES string of the molecule is O=C(O)Cc1cc(Br)cc2[nH]c(=O)c(=O)[nH]c12. The Hall–Kier alpha value is -1.89. The number of aromatic amines is 2. The van der Waals surface area contributed by atoms with Gasteiger partial charge in [0, 0.05) is 4.47 Å². The summed E-state index contributed by atoms with van der Waals surface area (Å²) in [5, 5.41) is 8.76. The van der Waals surface area contributed by atoms with Gasteiger partial charge in [0.2, 0.25) is 0 Å². The molecule has 0 spiro atoms. The molecular weight excluding hydrogens is 292 g/mol. The van der Waals surface area contributed by atoms with Gasteiger partial charge in [0.15, 0.2) is 0 Å². The predicted octanol–water partition coefficient (Wildman–Crippen LogP) is 0.606. The molecule has 0 saturated carbocycles. The zero-order chi connectivity index (χ0) is 12.6. The number of hydrogen-bond donors (Lipinski definition) is 3.